The van der Waals surface area contributed by atoms with Gasteiger partial charge in [0.05, 0.1) is 0 Å². The van der Waals surface area contributed by atoms with Crippen molar-refractivity contribution in [3.05, 3.63) is 0 Å². The molecule has 0 aromatic heterocycles. The maximum absolute atomic E-state index is 11.9. The van der Waals surface area contributed by atoms with Gasteiger partial charge >= 0.3 is 18.0 Å². The Kier molecular flexibility index (Phi) is 7.35. The van der Waals surface area contributed by atoms with Crippen molar-refractivity contribution in [2.75, 3.05) is 5.75 Å². The lowest BCUT2D eigenvalue weighted by atomic mass is 10.1. The van der Waals surface area contributed by atoms with E-state index in [1.54, 1.807) is 11.8 Å². The van der Waals surface area contributed by atoms with Crippen LogP contribution in [-0.4, -0.2) is 51.3 Å². The Morgan fingerprint density at radius 1 is 1.29 bits per heavy atom. The summed E-state index contributed by atoms with van der Waals surface area (Å²) in [6.07, 6.45) is 2.55. The molecule has 1 aliphatic rings. The van der Waals surface area contributed by atoms with Gasteiger partial charge in [-0.15, -0.1) is 0 Å². The Bertz CT molecular complexity index is 391. The van der Waals surface area contributed by atoms with Gasteiger partial charge in [0.25, 0.3) is 0 Å². The zero-order valence-electron chi connectivity index (χ0n) is 12.0. The van der Waals surface area contributed by atoms with Crippen LogP contribution >= 0.6 is 11.8 Å². The normalized spacial score (nSPS) is 22.5. The lowest BCUT2D eigenvalue weighted by Gasteiger charge is -2.22. The highest BCUT2D eigenvalue weighted by Gasteiger charge is 2.29. The fourth-order valence-corrected chi connectivity index (χ4v) is 3.60. The van der Waals surface area contributed by atoms with Gasteiger partial charge in [0.1, 0.15) is 6.04 Å². The van der Waals surface area contributed by atoms with E-state index in [0.29, 0.717) is 5.25 Å². The van der Waals surface area contributed by atoms with E-state index in [4.69, 9.17) is 10.2 Å². The van der Waals surface area contributed by atoms with Crippen molar-refractivity contribution in [2.24, 2.45) is 0 Å². The first-order valence-corrected chi connectivity index (χ1v) is 8.12. The molecule has 4 N–H and O–H groups in total. The smallest absolute Gasteiger partial charge is 0.326 e. The van der Waals surface area contributed by atoms with E-state index in [-0.39, 0.29) is 18.9 Å². The predicted molar refractivity (Wildman–Crippen MR) is 79.5 cm³/mol. The molecular formula is C13H22N2O5S. The van der Waals surface area contributed by atoms with E-state index in [1.807, 2.05) is 0 Å². The topological polar surface area (TPSA) is 116 Å². The van der Waals surface area contributed by atoms with Crippen LogP contribution in [0.1, 0.15) is 39.0 Å². The Balaban J connectivity index is 2.46. The molecule has 0 radical (unpaired) electrons. The highest BCUT2D eigenvalue weighted by molar-refractivity contribution is 7.99. The first kappa shape index (κ1) is 17.6. The molecule has 120 valence electrons. The summed E-state index contributed by atoms with van der Waals surface area (Å²) >= 11 is 1.79. The number of nitrogens with one attached hydrogen (secondary N) is 2. The third-order valence-electron chi connectivity index (χ3n) is 3.40. The first-order chi connectivity index (χ1) is 9.93. The molecule has 0 bridgehead atoms. The minimum absolute atomic E-state index is 0.0452. The van der Waals surface area contributed by atoms with Crippen molar-refractivity contribution in [1.82, 2.24) is 10.6 Å². The molecule has 0 heterocycles. The molecule has 0 aromatic carbocycles. The van der Waals surface area contributed by atoms with Gasteiger partial charge in [-0.3, -0.25) is 4.79 Å². The lowest BCUT2D eigenvalue weighted by Crippen LogP contribution is -2.50. The molecule has 1 aliphatic carbocycles. The number of urea groups is 1. The van der Waals surface area contributed by atoms with Gasteiger partial charge in [0.2, 0.25) is 0 Å². The molecule has 3 atom stereocenters. The fraction of sp³-hybridized carbons (Fsp3) is 0.769. The zero-order valence-corrected chi connectivity index (χ0v) is 12.8. The third-order valence-corrected chi connectivity index (χ3v) is 4.73. The summed E-state index contributed by atoms with van der Waals surface area (Å²) in [6.45, 7) is 2.06. The Morgan fingerprint density at radius 2 is 2.00 bits per heavy atom. The number of carbonyl (C=O) groups is 3. The summed E-state index contributed by atoms with van der Waals surface area (Å²) in [4.78, 5) is 33.4. The summed E-state index contributed by atoms with van der Waals surface area (Å²) in [5.41, 5.74) is 0. The van der Waals surface area contributed by atoms with Gasteiger partial charge in [-0.1, -0.05) is 13.3 Å². The number of hydrogen-bond donors (Lipinski definition) is 4. The van der Waals surface area contributed by atoms with Crippen LogP contribution in [-0.2, 0) is 9.59 Å². The summed E-state index contributed by atoms with van der Waals surface area (Å²) < 4.78 is 0. The number of amides is 2. The quantitative estimate of drug-likeness (QED) is 0.536. The standard InChI is InChI=1S/C13H22N2O5S/c1-2-21-10-5-3-4-8(10)14-13(20)15-9(12(18)19)6-7-11(16)17/h8-10H,2-7H2,1H3,(H,16,17)(H,18,19)(H2,14,15,20). The third kappa shape index (κ3) is 6.24. The zero-order chi connectivity index (χ0) is 15.8. The number of carbonyl (C=O) groups excluding carboxylic acids is 1. The molecule has 0 aliphatic heterocycles. The van der Waals surface area contributed by atoms with Crippen LogP contribution in [0.3, 0.4) is 0 Å². The molecule has 7 nitrogen and oxygen atoms in total. The molecule has 3 unspecified atom stereocenters. The summed E-state index contributed by atoms with van der Waals surface area (Å²) in [6, 6.07) is -1.68. The van der Waals surface area contributed by atoms with Crippen LogP contribution in [0, 0.1) is 0 Å². The minimum atomic E-state index is -1.22. The van der Waals surface area contributed by atoms with Gasteiger partial charge in [-0.25, -0.2) is 9.59 Å². The van der Waals surface area contributed by atoms with Gasteiger partial charge in [0, 0.05) is 17.7 Å². The van der Waals surface area contributed by atoms with E-state index in [1.165, 1.54) is 0 Å². The van der Waals surface area contributed by atoms with E-state index >= 15 is 0 Å². The van der Waals surface area contributed by atoms with E-state index < -0.39 is 24.0 Å². The Labute approximate surface area is 127 Å². The maximum atomic E-state index is 11.9. The maximum Gasteiger partial charge on any atom is 0.326 e. The molecule has 8 heteroatoms. The molecule has 21 heavy (non-hydrogen) atoms. The largest absolute Gasteiger partial charge is 0.481 e. The minimum Gasteiger partial charge on any atom is -0.481 e. The molecular weight excluding hydrogens is 296 g/mol. The summed E-state index contributed by atoms with van der Waals surface area (Å²) in [5.74, 6) is -1.34. The van der Waals surface area contributed by atoms with Crippen LogP contribution < -0.4 is 10.6 Å². The molecule has 1 fully saturated rings. The van der Waals surface area contributed by atoms with Gasteiger partial charge in [-0.05, 0) is 25.0 Å². The number of carboxylic acid groups (broad SMARTS) is 2. The van der Waals surface area contributed by atoms with Crippen molar-refractivity contribution >= 4 is 29.7 Å². The van der Waals surface area contributed by atoms with Crippen LogP contribution in [0.4, 0.5) is 4.79 Å². The fourth-order valence-electron chi connectivity index (χ4n) is 2.40. The number of thioether (sulfide) groups is 1. The van der Waals surface area contributed by atoms with Crippen molar-refractivity contribution in [1.29, 1.82) is 0 Å². The van der Waals surface area contributed by atoms with E-state index in [9.17, 15) is 14.4 Å². The van der Waals surface area contributed by atoms with Crippen LogP contribution in [0.5, 0.6) is 0 Å². The van der Waals surface area contributed by atoms with E-state index in [2.05, 4.69) is 17.6 Å². The van der Waals surface area contributed by atoms with E-state index in [0.717, 1.165) is 25.0 Å². The summed E-state index contributed by atoms with van der Waals surface area (Å²) in [7, 11) is 0. The van der Waals surface area contributed by atoms with Gasteiger partial charge in [0.15, 0.2) is 0 Å². The SMILES string of the molecule is CCSC1CCCC1NC(=O)NC(CCC(=O)O)C(=O)O. The highest BCUT2D eigenvalue weighted by atomic mass is 32.2. The molecule has 0 saturated heterocycles. The average Bonchev–Trinajstić information content (AvgIpc) is 2.81. The second-order valence-electron chi connectivity index (χ2n) is 4.97. The number of aliphatic carboxylic acids is 2. The van der Waals surface area contributed by atoms with Crippen LogP contribution in [0.2, 0.25) is 0 Å². The number of rotatable bonds is 8. The van der Waals surface area contributed by atoms with Gasteiger partial charge < -0.3 is 20.8 Å². The molecule has 1 saturated carbocycles. The average molecular weight is 318 g/mol. The van der Waals surface area contributed by atoms with Crippen molar-refractivity contribution < 1.29 is 24.6 Å². The van der Waals surface area contributed by atoms with Crippen LogP contribution in [0.15, 0.2) is 0 Å². The van der Waals surface area contributed by atoms with Crippen molar-refractivity contribution in [2.45, 2.75) is 56.4 Å². The predicted octanol–water partition coefficient (Wildman–Crippen LogP) is 1.28. The number of carboxylic acids is 2. The van der Waals surface area contributed by atoms with Crippen molar-refractivity contribution in [3.63, 3.8) is 0 Å². The van der Waals surface area contributed by atoms with Crippen LogP contribution in [0.25, 0.3) is 0 Å². The monoisotopic (exact) mass is 318 g/mol. The molecule has 0 spiro atoms. The second-order valence-corrected chi connectivity index (χ2v) is 6.49. The summed E-state index contributed by atoms with van der Waals surface area (Å²) in [5, 5.41) is 23.1. The molecule has 1 rings (SSSR count). The first-order valence-electron chi connectivity index (χ1n) is 7.07. The van der Waals surface area contributed by atoms with Gasteiger partial charge in [-0.2, -0.15) is 11.8 Å². The second kappa shape index (κ2) is 8.76. The molecule has 0 aromatic rings. The molecule has 2 amide bonds. The Morgan fingerprint density at radius 3 is 2.57 bits per heavy atom. The highest BCUT2D eigenvalue weighted by Crippen LogP contribution is 2.29. The van der Waals surface area contributed by atoms with Crippen molar-refractivity contribution in [3.8, 4) is 0 Å². The lowest BCUT2D eigenvalue weighted by molar-refractivity contribution is -0.140. The Hall–Kier alpha value is -1.44. The number of hydrogen-bond acceptors (Lipinski definition) is 4.